The van der Waals surface area contributed by atoms with E-state index in [1.165, 1.54) is 11.8 Å². The maximum absolute atomic E-state index is 11.9. The number of carbonyl (C=O) groups is 1. The van der Waals surface area contributed by atoms with Crippen molar-refractivity contribution in [1.82, 2.24) is 20.1 Å². The zero-order valence-electron chi connectivity index (χ0n) is 14.8. The number of halogens is 1. The fraction of sp³-hybridized carbons (Fsp3) is 0.150. The minimum Gasteiger partial charge on any atom is -0.484 e. The smallest absolute Gasteiger partial charge is 0.231 e. The fourth-order valence-electron chi connectivity index (χ4n) is 2.36. The van der Waals surface area contributed by atoms with E-state index in [4.69, 9.17) is 22.8 Å². The SMILES string of the molecule is C#CCNC(=O)CSc1nnc(COc2ccccc2Cl)n1-c1ccccc1. The van der Waals surface area contributed by atoms with Gasteiger partial charge in [-0.05, 0) is 24.3 Å². The molecule has 142 valence electrons. The van der Waals surface area contributed by atoms with Crippen LogP contribution in [0.1, 0.15) is 5.82 Å². The maximum Gasteiger partial charge on any atom is 0.231 e. The highest BCUT2D eigenvalue weighted by Crippen LogP contribution is 2.26. The van der Waals surface area contributed by atoms with Crippen LogP contribution in [0.2, 0.25) is 5.02 Å². The fourth-order valence-corrected chi connectivity index (χ4v) is 3.35. The van der Waals surface area contributed by atoms with Gasteiger partial charge < -0.3 is 10.1 Å². The number of hydrogen-bond acceptors (Lipinski definition) is 5. The second kappa shape index (κ2) is 9.83. The van der Waals surface area contributed by atoms with Crippen LogP contribution < -0.4 is 10.1 Å². The van der Waals surface area contributed by atoms with Crippen molar-refractivity contribution in [3.8, 4) is 23.8 Å². The number of thioether (sulfide) groups is 1. The summed E-state index contributed by atoms with van der Waals surface area (Å²) in [5, 5.41) is 12.2. The Morgan fingerprint density at radius 1 is 1.18 bits per heavy atom. The van der Waals surface area contributed by atoms with Gasteiger partial charge in [-0.2, -0.15) is 0 Å². The lowest BCUT2D eigenvalue weighted by molar-refractivity contribution is -0.118. The van der Waals surface area contributed by atoms with Gasteiger partial charge in [-0.15, -0.1) is 16.6 Å². The zero-order valence-corrected chi connectivity index (χ0v) is 16.4. The van der Waals surface area contributed by atoms with Gasteiger partial charge in [0.05, 0.1) is 17.3 Å². The van der Waals surface area contributed by atoms with Gasteiger partial charge in [-0.25, -0.2) is 0 Å². The third kappa shape index (κ3) is 5.06. The molecule has 0 unspecified atom stereocenters. The van der Waals surface area contributed by atoms with Crippen LogP contribution in [-0.4, -0.2) is 33.0 Å². The van der Waals surface area contributed by atoms with Crippen molar-refractivity contribution in [3.05, 3.63) is 65.4 Å². The number of hydrogen-bond donors (Lipinski definition) is 1. The third-order valence-corrected chi connectivity index (χ3v) is 4.87. The molecule has 0 fully saturated rings. The molecular formula is C20H17ClN4O2S. The Morgan fingerprint density at radius 2 is 1.93 bits per heavy atom. The summed E-state index contributed by atoms with van der Waals surface area (Å²) in [5.41, 5.74) is 0.872. The number of terminal acetylenes is 1. The molecule has 1 aromatic heterocycles. The molecule has 1 N–H and O–H groups in total. The number of para-hydroxylation sites is 2. The highest BCUT2D eigenvalue weighted by molar-refractivity contribution is 7.99. The Labute approximate surface area is 172 Å². The Hall–Kier alpha value is -2.95. The first kappa shape index (κ1) is 19.8. The first-order valence-corrected chi connectivity index (χ1v) is 9.75. The number of amides is 1. The van der Waals surface area contributed by atoms with Crippen LogP contribution in [0, 0.1) is 12.3 Å². The average molecular weight is 413 g/mol. The predicted octanol–water partition coefficient (Wildman–Crippen LogP) is 3.34. The molecule has 3 rings (SSSR count). The molecule has 8 heteroatoms. The number of carbonyl (C=O) groups excluding carboxylic acids is 1. The van der Waals surface area contributed by atoms with E-state index in [1.54, 1.807) is 12.1 Å². The quantitative estimate of drug-likeness (QED) is 0.454. The second-order valence-electron chi connectivity index (χ2n) is 5.56. The second-order valence-corrected chi connectivity index (χ2v) is 6.91. The van der Waals surface area contributed by atoms with E-state index in [-0.39, 0.29) is 24.8 Å². The van der Waals surface area contributed by atoms with E-state index in [2.05, 4.69) is 21.4 Å². The molecule has 1 heterocycles. The van der Waals surface area contributed by atoms with Crippen LogP contribution in [0.4, 0.5) is 0 Å². The van der Waals surface area contributed by atoms with Crippen molar-refractivity contribution in [2.45, 2.75) is 11.8 Å². The minimum absolute atomic E-state index is 0.167. The molecule has 0 aliphatic heterocycles. The lowest BCUT2D eigenvalue weighted by atomic mass is 10.3. The number of benzene rings is 2. The van der Waals surface area contributed by atoms with Gasteiger partial charge in [0.2, 0.25) is 5.91 Å². The van der Waals surface area contributed by atoms with Crippen LogP contribution in [0.25, 0.3) is 5.69 Å². The minimum atomic E-state index is -0.167. The topological polar surface area (TPSA) is 69.0 Å². The monoisotopic (exact) mass is 412 g/mol. The first-order valence-electron chi connectivity index (χ1n) is 8.39. The van der Waals surface area contributed by atoms with E-state index < -0.39 is 0 Å². The number of aromatic nitrogens is 3. The molecule has 6 nitrogen and oxygen atoms in total. The Morgan fingerprint density at radius 3 is 2.68 bits per heavy atom. The Kier molecular flexibility index (Phi) is 6.95. The van der Waals surface area contributed by atoms with E-state index in [9.17, 15) is 4.79 Å². The van der Waals surface area contributed by atoms with Crippen molar-refractivity contribution < 1.29 is 9.53 Å². The highest BCUT2D eigenvalue weighted by Gasteiger charge is 2.16. The first-order chi connectivity index (χ1) is 13.7. The highest BCUT2D eigenvalue weighted by atomic mass is 35.5. The predicted molar refractivity (Wildman–Crippen MR) is 110 cm³/mol. The zero-order chi connectivity index (χ0) is 19.8. The van der Waals surface area contributed by atoms with Crippen molar-refractivity contribution >= 4 is 29.3 Å². The number of ether oxygens (including phenoxy) is 1. The van der Waals surface area contributed by atoms with Crippen molar-refractivity contribution in [3.63, 3.8) is 0 Å². The van der Waals surface area contributed by atoms with Crippen molar-refractivity contribution in [2.24, 2.45) is 0 Å². The maximum atomic E-state index is 11.9. The summed E-state index contributed by atoms with van der Waals surface area (Å²) in [4.78, 5) is 11.9. The summed E-state index contributed by atoms with van der Waals surface area (Å²) in [7, 11) is 0. The molecule has 3 aromatic rings. The molecule has 0 spiro atoms. The lowest BCUT2D eigenvalue weighted by Gasteiger charge is -2.11. The van der Waals surface area contributed by atoms with Gasteiger partial charge in [0.1, 0.15) is 12.4 Å². The van der Waals surface area contributed by atoms with E-state index in [1.807, 2.05) is 47.0 Å². The molecule has 0 aliphatic rings. The van der Waals surface area contributed by atoms with Gasteiger partial charge in [0.25, 0.3) is 0 Å². The molecule has 0 bridgehead atoms. The molecule has 0 saturated carbocycles. The van der Waals surface area contributed by atoms with Crippen LogP contribution in [0.15, 0.2) is 59.8 Å². The largest absolute Gasteiger partial charge is 0.484 e. The van der Waals surface area contributed by atoms with E-state index >= 15 is 0 Å². The molecule has 2 aromatic carbocycles. The Bertz CT molecular complexity index is 985. The summed E-state index contributed by atoms with van der Waals surface area (Å²) in [6, 6.07) is 16.9. The van der Waals surface area contributed by atoms with Gasteiger partial charge in [0.15, 0.2) is 11.0 Å². The molecule has 0 saturated heterocycles. The van der Waals surface area contributed by atoms with Crippen molar-refractivity contribution in [1.29, 1.82) is 0 Å². The third-order valence-electron chi connectivity index (χ3n) is 3.63. The molecular weight excluding hydrogens is 396 g/mol. The summed E-state index contributed by atoms with van der Waals surface area (Å²) >= 11 is 7.42. The number of nitrogens with one attached hydrogen (secondary N) is 1. The summed E-state index contributed by atoms with van der Waals surface area (Å²) in [6.07, 6.45) is 5.16. The van der Waals surface area contributed by atoms with E-state index in [0.717, 1.165) is 5.69 Å². The number of rotatable bonds is 8. The molecule has 1 amide bonds. The van der Waals surface area contributed by atoms with Crippen LogP contribution in [-0.2, 0) is 11.4 Å². The van der Waals surface area contributed by atoms with Gasteiger partial charge in [-0.3, -0.25) is 9.36 Å². The van der Waals surface area contributed by atoms with Gasteiger partial charge in [-0.1, -0.05) is 59.6 Å². The van der Waals surface area contributed by atoms with Crippen molar-refractivity contribution in [2.75, 3.05) is 12.3 Å². The van der Waals surface area contributed by atoms with Crippen LogP contribution in [0.5, 0.6) is 5.75 Å². The van der Waals surface area contributed by atoms with Gasteiger partial charge >= 0.3 is 0 Å². The molecule has 0 radical (unpaired) electrons. The molecule has 0 aliphatic carbocycles. The van der Waals surface area contributed by atoms with Gasteiger partial charge in [0, 0.05) is 5.69 Å². The summed E-state index contributed by atoms with van der Waals surface area (Å²) in [6.45, 7) is 0.372. The molecule has 28 heavy (non-hydrogen) atoms. The summed E-state index contributed by atoms with van der Waals surface area (Å²) in [5.74, 6) is 3.54. The van der Waals surface area contributed by atoms with E-state index in [0.29, 0.717) is 21.8 Å². The average Bonchev–Trinajstić information content (AvgIpc) is 3.13. The summed E-state index contributed by atoms with van der Waals surface area (Å²) < 4.78 is 7.67. The number of nitrogens with zero attached hydrogens (tertiary/aromatic N) is 3. The Balaban J connectivity index is 1.80. The normalized spacial score (nSPS) is 10.3. The lowest BCUT2D eigenvalue weighted by Crippen LogP contribution is -2.25. The standard InChI is InChI=1S/C20H17ClN4O2S/c1-2-12-22-19(26)14-28-20-24-23-18(25(20)15-8-4-3-5-9-15)13-27-17-11-7-6-10-16(17)21/h1,3-11H,12-14H2,(H,22,26). The molecule has 0 atom stereocenters. The van der Waals surface area contributed by atoms with Crippen LogP contribution >= 0.6 is 23.4 Å². The van der Waals surface area contributed by atoms with Crippen LogP contribution in [0.3, 0.4) is 0 Å².